The Labute approximate surface area is 195 Å². The van der Waals surface area contributed by atoms with Gasteiger partial charge in [-0.25, -0.2) is 4.99 Å². The molecule has 1 aliphatic rings. The summed E-state index contributed by atoms with van der Waals surface area (Å²) in [5.41, 5.74) is 2.73. The van der Waals surface area contributed by atoms with Gasteiger partial charge in [-0.3, -0.25) is 24.6 Å². The van der Waals surface area contributed by atoms with Crippen LogP contribution in [-0.4, -0.2) is 45.7 Å². The number of benzene rings is 2. The third-order valence-electron chi connectivity index (χ3n) is 5.02. The molecule has 1 unspecified atom stereocenters. The summed E-state index contributed by atoms with van der Waals surface area (Å²) in [6.45, 7) is 7.88. The number of amidine groups is 1. The average molecular weight is 469 g/mol. The van der Waals surface area contributed by atoms with Crippen molar-refractivity contribution in [2.45, 2.75) is 25.5 Å². The van der Waals surface area contributed by atoms with E-state index < -0.39 is 16.1 Å². The molecule has 2 aromatic rings. The summed E-state index contributed by atoms with van der Waals surface area (Å²) in [6, 6.07) is 9.75. The number of nitrogens with zero attached hydrogens (tertiary/aromatic N) is 3. The minimum atomic E-state index is -0.683. The SMILES string of the molecule is C=CCN1C(=O)C(CC(=O)Nc2cc([N+](=O)[O-])ccc2OC)SC1=Nc1c(C)cccc1C. The molecule has 33 heavy (non-hydrogen) atoms. The molecule has 1 saturated heterocycles. The molecule has 10 heteroatoms. The van der Waals surface area contributed by atoms with Gasteiger partial charge in [0, 0.05) is 25.1 Å². The molecular formula is C23H24N4O5S. The van der Waals surface area contributed by atoms with Gasteiger partial charge in [0.2, 0.25) is 11.8 Å². The van der Waals surface area contributed by atoms with Crippen LogP contribution in [0.4, 0.5) is 17.1 Å². The Balaban J connectivity index is 1.81. The van der Waals surface area contributed by atoms with Crippen molar-refractivity contribution in [1.29, 1.82) is 0 Å². The van der Waals surface area contributed by atoms with Gasteiger partial charge in [0.25, 0.3) is 5.69 Å². The van der Waals surface area contributed by atoms with Crippen LogP contribution in [0.3, 0.4) is 0 Å². The molecule has 2 amide bonds. The number of aliphatic imine (C=N–C) groups is 1. The normalized spacial score (nSPS) is 16.7. The van der Waals surface area contributed by atoms with E-state index in [0.29, 0.717) is 5.17 Å². The van der Waals surface area contributed by atoms with E-state index in [-0.39, 0.29) is 36.0 Å². The number of ether oxygens (including phenoxy) is 1. The van der Waals surface area contributed by atoms with Gasteiger partial charge in [-0.05, 0) is 31.0 Å². The number of methoxy groups -OCH3 is 1. The van der Waals surface area contributed by atoms with Crippen LogP contribution < -0.4 is 10.1 Å². The summed E-state index contributed by atoms with van der Waals surface area (Å²) in [5, 5.41) is 13.5. The highest BCUT2D eigenvalue weighted by molar-refractivity contribution is 8.15. The molecule has 1 atom stereocenters. The number of hydrogen-bond donors (Lipinski definition) is 1. The van der Waals surface area contributed by atoms with E-state index in [9.17, 15) is 19.7 Å². The smallest absolute Gasteiger partial charge is 0.271 e. The highest BCUT2D eigenvalue weighted by Crippen LogP contribution is 2.34. The van der Waals surface area contributed by atoms with E-state index in [4.69, 9.17) is 9.73 Å². The summed E-state index contributed by atoms with van der Waals surface area (Å²) in [4.78, 5) is 42.5. The molecule has 1 N–H and O–H groups in total. The van der Waals surface area contributed by atoms with Gasteiger partial charge in [-0.15, -0.1) is 6.58 Å². The number of para-hydroxylation sites is 1. The second-order valence-electron chi connectivity index (χ2n) is 7.37. The largest absolute Gasteiger partial charge is 0.495 e. The molecular weight excluding hydrogens is 444 g/mol. The number of nitrogens with one attached hydrogen (secondary N) is 1. The lowest BCUT2D eigenvalue weighted by Crippen LogP contribution is -2.33. The predicted molar refractivity (Wildman–Crippen MR) is 129 cm³/mol. The van der Waals surface area contributed by atoms with Gasteiger partial charge in [0.05, 0.1) is 23.4 Å². The van der Waals surface area contributed by atoms with Crippen LogP contribution in [-0.2, 0) is 9.59 Å². The molecule has 1 heterocycles. The molecule has 0 saturated carbocycles. The Bertz CT molecular complexity index is 1130. The standard InChI is InChI=1S/C23H24N4O5S/c1-5-11-26-22(29)19(33-23(26)25-21-14(2)7-6-8-15(21)3)13-20(28)24-17-12-16(27(30)31)9-10-18(17)32-4/h5-10,12,19H,1,11,13H2,2-4H3,(H,24,28). The maximum atomic E-state index is 13.0. The first kappa shape index (κ1) is 24.0. The van der Waals surface area contributed by atoms with Crippen LogP contribution >= 0.6 is 11.8 Å². The van der Waals surface area contributed by atoms with Crippen molar-refractivity contribution in [2.24, 2.45) is 4.99 Å². The maximum Gasteiger partial charge on any atom is 0.271 e. The van der Waals surface area contributed by atoms with Crippen LogP contribution in [0, 0.1) is 24.0 Å². The fourth-order valence-corrected chi connectivity index (χ4v) is 4.53. The average Bonchev–Trinajstić information content (AvgIpc) is 3.05. The number of rotatable bonds is 8. The molecule has 0 radical (unpaired) electrons. The molecule has 1 aliphatic heterocycles. The third-order valence-corrected chi connectivity index (χ3v) is 6.19. The van der Waals surface area contributed by atoms with Crippen molar-refractivity contribution >= 4 is 45.8 Å². The second-order valence-corrected chi connectivity index (χ2v) is 8.54. The summed E-state index contributed by atoms with van der Waals surface area (Å²) < 4.78 is 5.18. The number of carbonyl (C=O) groups excluding carboxylic acids is 2. The molecule has 0 spiro atoms. The summed E-state index contributed by atoms with van der Waals surface area (Å²) >= 11 is 1.21. The lowest BCUT2D eigenvalue weighted by Gasteiger charge is -2.15. The van der Waals surface area contributed by atoms with E-state index in [1.807, 2.05) is 32.0 Å². The Hall–Kier alpha value is -3.66. The van der Waals surface area contributed by atoms with Gasteiger partial charge in [0.1, 0.15) is 11.0 Å². The minimum absolute atomic E-state index is 0.130. The van der Waals surface area contributed by atoms with Crippen molar-refractivity contribution in [1.82, 2.24) is 4.90 Å². The number of nitro benzene ring substituents is 1. The van der Waals surface area contributed by atoms with Crippen molar-refractivity contribution < 1.29 is 19.2 Å². The Morgan fingerprint density at radius 3 is 2.64 bits per heavy atom. The summed E-state index contributed by atoms with van der Waals surface area (Å²) in [5.74, 6) is -0.428. The highest BCUT2D eigenvalue weighted by atomic mass is 32.2. The number of thioether (sulfide) groups is 1. The van der Waals surface area contributed by atoms with Crippen LogP contribution in [0.2, 0.25) is 0 Å². The van der Waals surface area contributed by atoms with Crippen LogP contribution in [0.25, 0.3) is 0 Å². The fraction of sp³-hybridized carbons (Fsp3) is 0.261. The van der Waals surface area contributed by atoms with Crippen LogP contribution in [0.1, 0.15) is 17.5 Å². The molecule has 1 fully saturated rings. The first-order valence-corrected chi connectivity index (χ1v) is 11.0. The number of carbonyl (C=O) groups is 2. The number of nitro groups is 1. The summed E-state index contributed by atoms with van der Waals surface area (Å²) in [7, 11) is 1.40. The van der Waals surface area contributed by atoms with Gasteiger partial charge in [0.15, 0.2) is 5.17 Å². The lowest BCUT2D eigenvalue weighted by molar-refractivity contribution is -0.384. The first-order valence-electron chi connectivity index (χ1n) is 10.1. The molecule has 9 nitrogen and oxygen atoms in total. The van der Waals surface area contributed by atoms with Gasteiger partial charge < -0.3 is 10.1 Å². The minimum Gasteiger partial charge on any atom is -0.495 e. The van der Waals surface area contributed by atoms with E-state index in [1.165, 1.54) is 42.0 Å². The zero-order valence-corrected chi connectivity index (χ0v) is 19.3. The summed E-state index contributed by atoms with van der Waals surface area (Å²) in [6.07, 6.45) is 1.48. The zero-order chi connectivity index (χ0) is 24.1. The van der Waals surface area contributed by atoms with E-state index >= 15 is 0 Å². The Morgan fingerprint density at radius 1 is 1.33 bits per heavy atom. The monoisotopic (exact) mass is 468 g/mol. The molecule has 172 valence electrons. The van der Waals surface area contributed by atoms with E-state index in [2.05, 4.69) is 11.9 Å². The van der Waals surface area contributed by atoms with Crippen LogP contribution in [0.5, 0.6) is 5.75 Å². The van der Waals surface area contributed by atoms with E-state index in [1.54, 1.807) is 6.08 Å². The number of amides is 2. The highest BCUT2D eigenvalue weighted by Gasteiger charge is 2.38. The first-order chi connectivity index (χ1) is 15.7. The second kappa shape index (κ2) is 10.3. The van der Waals surface area contributed by atoms with Crippen LogP contribution in [0.15, 0.2) is 54.0 Å². The predicted octanol–water partition coefficient (Wildman–Crippen LogP) is 4.37. The number of hydrogen-bond acceptors (Lipinski definition) is 7. The number of aryl methyl sites for hydroxylation is 2. The van der Waals surface area contributed by atoms with Crippen molar-refractivity contribution in [2.75, 3.05) is 19.0 Å². The number of non-ortho nitro benzene ring substituents is 1. The van der Waals surface area contributed by atoms with Gasteiger partial charge in [-0.2, -0.15) is 0 Å². The topological polar surface area (TPSA) is 114 Å². The number of anilines is 1. The zero-order valence-electron chi connectivity index (χ0n) is 18.5. The fourth-order valence-electron chi connectivity index (χ4n) is 3.38. The molecule has 3 rings (SSSR count). The van der Waals surface area contributed by atoms with Crippen molar-refractivity contribution in [3.63, 3.8) is 0 Å². The lowest BCUT2D eigenvalue weighted by atomic mass is 10.1. The van der Waals surface area contributed by atoms with Gasteiger partial charge in [-0.1, -0.05) is 36.0 Å². The molecule has 0 aliphatic carbocycles. The Morgan fingerprint density at radius 2 is 2.03 bits per heavy atom. The molecule has 0 aromatic heterocycles. The third kappa shape index (κ3) is 5.40. The Kier molecular flexibility index (Phi) is 7.49. The van der Waals surface area contributed by atoms with Gasteiger partial charge >= 0.3 is 0 Å². The molecule has 0 bridgehead atoms. The van der Waals surface area contributed by atoms with Crippen molar-refractivity contribution in [3.05, 3.63) is 70.3 Å². The van der Waals surface area contributed by atoms with Crippen molar-refractivity contribution in [3.8, 4) is 5.75 Å². The quantitative estimate of drug-likeness (QED) is 0.350. The maximum absolute atomic E-state index is 13.0. The molecule has 2 aromatic carbocycles. The van der Waals surface area contributed by atoms with E-state index in [0.717, 1.165) is 16.8 Å².